The van der Waals surface area contributed by atoms with Gasteiger partial charge in [0.2, 0.25) is 0 Å². The van der Waals surface area contributed by atoms with E-state index in [1.165, 1.54) is 12.1 Å². The van der Waals surface area contributed by atoms with Crippen molar-refractivity contribution in [3.8, 4) is 0 Å². The Hall–Kier alpha value is -1.42. The van der Waals surface area contributed by atoms with Gasteiger partial charge in [-0.05, 0) is 64.4 Å². The van der Waals surface area contributed by atoms with Crippen molar-refractivity contribution in [2.24, 2.45) is 0 Å². The first-order valence-electron chi connectivity index (χ1n) is 11.0. The maximum atomic E-state index is 12.9. The van der Waals surface area contributed by atoms with Crippen LogP contribution in [-0.4, -0.2) is 58.6 Å². The molecule has 0 saturated carbocycles. The molecule has 1 fully saturated rings. The molecule has 2 rings (SSSR count). The van der Waals surface area contributed by atoms with Crippen molar-refractivity contribution in [3.63, 3.8) is 0 Å². The van der Waals surface area contributed by atoms with Gasteiger partial charge in [-0.2, -0.15) is 8.42 Å². The Labute approximate surface area is 194 Å². The second-order valence-corrected chi connectivity index (χ2v) is 17.4. The Bertz CT molecular complexity index is 900. The SMILES string of the molecule is Cc1ccc(S(=O)(=O)OC[C@H]2C[C@H](O[Si](C)(C)C(C)(C)C)CN2C(=O)OC(C)(C)C)cc1. The van der Waals surface area contributed by atoms with Crippen LogP contribution in [0, 0.1) is 6.92 Å². The summed E-state index contributed by atoms with van der Waals surface area (Å²) in [6, 6.07) is 6.03. The molecule has 7 nitrogen and oxygen atoms in total. The average Bonchev–Trinajstić information content (AvgIpc) is 3.00. The van der Waals surface area contributed by atoms with Crippen molar-refractivity contribution in [3.05, 3.63) is 29.8 Å². The molecule has 1 aromatic rings. The molecule has 1 heterocycles. The summed E-state index contributed by atoms with van der Waals surface area (Å²) in [4.78, 5) is 14.5. The highest BCUT2D eigenvalue weighted by molar-refractivity contribution is 7.86. The molecule has 0 spiro atoms. The van der Waals surface area contributed by atoms with Gasteiger partial charge in [0.1, 0.15) is 5.60 Å². The number of hydrogen-bond acceptors (Lipinski definition) is 6. The van der Waals surface area contributed by atoms with Crippen molar-refractivity contribution in [2.75, 3.05) is 13.2 Å². The molecule has 1 saturated heterocycles. The summed E-state index contributed by atoms with van der Waals surface area (Å²) in [6.45, 7) is 18.3. The molecule has 182 valence electrons. The minimum atomic E-state index is -3.94. The summed E-state index contributed by atoms with van der Waals surface area (Å²) in [6.07, 6.45) is -0.186. The smallest absolute Gasteiger partial charge is 0.410 e. The molecule has 1 aliphatic rings. The van der Waals surface area contributed by atoms with Gasteiger partial charge in [-0.3, -0.25) is 4.18 Å². The van der Waals surface area contributed by atoms with Crippen LogP contribution in [-0.2, 0) is 23.5 Å². The maximum absolute atomic E-state index is 12.9. The van der Waals surface area contributed by atoms with Gasteiger partial charge in [-0.25, -0.2) is 4.79 Å². The zero-order valence-electron chi connectivity index (χ0n) is 20.9. The van der Waals surface area contributed by atoms with E-state index in [1.54, 1.807) is 37.8 Å². The zero-order chi connectivity index (χ0) is 24.5. The first-order chi connectivity index (χ1) is 14.4. The Morgan fingerprint density at radius 1 is 1.09 bits per heavy atom. The van der Waals surface area contributed by atoms with Crippen LogP contribution in [0.1, 0.15) is 53.5 Å². The lowest BCUT2D eigenvalue weighted by Crippen LogP contribution is -2.45. The van der Waals surface area contributed by atoms with Crippen LogP contribution in [0.15, 0.2) is 29.2 Å². The molecular formula is C23H39NO6SSi. The lowest BCUT2D eigenvalue weighted by Gasteiger charge is -2.38. The monoisotopic (exact) mass is 485 g/mol. The number of benzene rings is 1. The fourth-order valence-corrected chi connectivity index (χ4v) is 5.50. The fourth-order valence-electron chi connectivity index (χ4n) is 3.20. The number of rotatable bonds is 6. The normalized spacial score (nSPS) is 20.5. The molecule has 32 heavy (non-hydrogen) atoms. The van der Waals surface area contributed by atoms with E-state index in [9.17, 15) is 13.2 Å². The minimum Gasteiger partial charge on any atom is -0.444 e. The first kappa shape index (κ1) is 26.8. The average molecular weight is 486 g/mol. The molecule has 1 amide bonds. The largest absolute Gasteiger partial charge is 0.444 e. The van der Waals surface area contributed by atoms with E-state index in [0.717, 1.165) is 5.56 Å². The van der Waals surface area contributed by atoms with Crippen molar-refractivity contribution in [2.45, 2.75) is 95.7 Å². The van der Waals surface area contributed by atoms with Crippen LogP contribution in [0.25, 0.3) is 0 Å². The number of carbonyl (C=O) groups excluding carboxylic acids is 1. The third kappa shape index (κ3) is 7.04. The first-order valence-corrected chi connectivity index (χ1v) is 15.4. The van der Waals surface area contributed by atoms with Gasteiger partial charge >= 0.3 is 6.09 Å². The van der Waals surface area contributed by atoms with E-state index in [0.29, 0.717) is 13.0 Å². The van der Waals surface area contributed by atoms with E-state index >= 15 is 0 Å². The van der Waals surface area contributed by atoms with Crippen LogP contribution in [0.3, 0.4) is 0 Å². The van der Waals surface area contributed by atoms with Crippen LogP contribution in [0.4, 0.5) is 4.79 Å². The van der Waals surface area contributed by atoms with E-state index in [2.05, 4.69) is 33.9 Å². The number of likely N-dealkylation sites (tertiary alicyclic amines) is 1. The van der Waals surface area contributed by atoms with Gasteiger partial charge in [-0.1, -0.05) is 38.5 Å². The standard InChI is InChI=1S/C23H39NO6SSi/c1-17-10-12-20(13-11-17)31(26,27)28-16-18-14-19(30-32(8,9)23(5,6)7)15-24(18)21(25)29-22(2,3)4/h10-13,18-19H,14-16H2,1-9H3/t18-,19+/m1/s1. The van der Waals surface area contributed by atoms with E-state index in [1.807, 2.05) is 6.92 Å². The highest BCUT2D eigenvalue weighted by Gasteiger charge is 2.44. The topological polar surface area (TPSA) is 82.1 Å². The fraction of sp³-hybridized carbons (Fsp3) is 0.696. The Balaban J connectivity index is 2.18. The van der Waals surface area contributed by atoms with Crippen LogP contribution in [0.5, 0.6) is 0 Å². The van der Waals surface area contributed by atoms with Gasteiger partial charge in [0.15, 0.2) is 8.32 Å². The number of nitrogens with zero attached hydrogens (tertiary/aromatic N) is 1. The molecule has 0 N–H and O–H groups in total. The van der Waals surface area contributed by atoms with Gasteiger partial charge in [0.25, 0.3) is 10.1 Å². The molecule has 0 bridgehead atoms. The maximum Gasteiger partial charge on any atom is 0.410 e. The van der Waals surface area contributed by atoms with E-state index < -0.39 is 36.2 Å². The molecule has 9 heteroatoms. The number of ether oxygens (including phenoxy) is 1. The molecule has 1 aliphatic heterocycles. The van der Waals surface area contributed by atoms with Gasteiger partial charge < -0.3 is 14.1 Å². The van der Waals surface area contributed by atoms with Crippen molar-refractivity contribution >= 4 is 24.5 Å². The lowest BCUT2D eigenvalue weighted by atomic mass is 10.2. The van der Waals surface area contributed by atoms with E-state index in [-0.39, 0.29) is 22.6 Å². The van der Waals surface area contributed by atoms with Gasteiger partial charge in [0, 0.05) is 6.54 Å². The van der Waals surface area contributed by atoms with Gasteiger partial charge in [0.05, 0.1) is 23.6 Å². The second-order valence-electron chi connectivity index (χ2n) is 11.1. The Kier molecular flexibility index (Phi) is 7.92. The quantitative estimate of drug-likeness (QED) is 0.412. The van der Waals surface area contributed by atoms with Crippen molar-refractivity contribution < 1.29 is 26.6 Å². The number of hydrogen-bond donors (Lipinski definition) is 0. The summed E-state index contributed by atoms with van der Waals surface area (Å²) in [5, 5.41) is 0.0209. The number of amides is 1. The van der Waals surface area contributed by atoms with Gasteiger partial charge in [-0.15, -0.1) is 0 Å². The minimum absolute atomic E-state index is 0.0209. The third-order valence-electron chi connectivity index (χ3n) is 6.00. The molecule has 0 unspecified atom stereocenters. The Morgan fingerprint density at radius 3 is 2.16 bits per heavy atom. The summed E-state index contributed by atoms with van der Waals surface area (Å²) >= 11 is 0. The number of carbonyl (C=O) groups is 1. The summed E-state index contributed by atoms with van der Waals surface area (Å²) in [5.74, 6) is 0. The summed E-state index contributed by atoms with van der Waals surface area (Å²) in [7, 11) is -6.00. The highest BCUT2D eigenvalue weighted by atomic mass is 32.2. The van der Waals surface area contributed by atoms with E-state index in [4.69, 9.17) is 13.3 Å². The molecule has 1 aromatic carbocycles. The molecular weight excluding hydrogens is 446 g/mol. The molecule has 0 aliphatic carbocycles. The van der Waals surface area contributed by atoms with Crippen molar-refractivity contribution in [1.29, 1.82) is 0 Å². The van der Waals surface area contributed by atoms with Crippen molar-refractivity contribution in [1.82, 2.24) is 4.90 Å². The predicted octanol–water partition coefficient (Wildman–Crippen LogP) is 5.10. The molecule has 2 atom stereocenters. The summed E-state index contributed by atoms with van der Waals surface area (Å²) in [5.41, 5.74) is 0.302. The lowest BCUT2D eigenvalue weighted by molar-refractivity contribution is 0.0176. The van der Waals surface area contributed by atoms with Crippen LogP contribution < -0.4 is 0 Å². The second kappa shape index (κ2) is 9.44. The molecule has 0 radical (unpaired) electrons. The zero-order valence-corrected chi connectivity index (χ0v) is 22.7. The van der Waals surface area contributed by atoms with Crippen LogP contribution >= 0.6 is 0 Å². The predicted molar refractivity (Wildman–Crippen MR) is 128 cm³/mol. The summed E-state index contributed by atoms with van der Waals surface area (Å²) < 4.78 is 42.8. The number of aryl methyl sites for hydroxylation is 1. The Morgan fingerprint density at radius 2 is 1.66 bits per heavy atom. The highest BCUT2D eigenvalue weighted by Crippen LogP contribution is 2.39. The third-order valence-corrected chi connectivity index (χ3v) is 11.8. The van der Waals surface area contributed by atoms with Crippen LogP contribution in [0.2, 0.25) is 18.1 Å². The molecule has 0 aromatic heterocycles.